The Kier molecular flexibility index (Phi) is 4.65. The molecule has 1 aromatic heterocycles. The van der Waals surface area contributed by atoms with Crippen LogP contribution in [0.2, 0.25) is 0 Å². The SMILES string of the molecule is CCc1nc(COc2ccccc2F)sc1C(=O)NN. The molecular weight excluding hydrogens is 281 g/mol. The monoisotopic (exact) mass is 295 g/mol. The fourth-order valence-electron chi connectivity index (χ4n) is 1.65. The maximum Gasteiger partial charge on any atom is 0.277 e. The predicted molar refractivity (Wildman–Crippen MR) is 73.9 cm³/mol. The zero-order chi connectivity index (χ0) is 14.5. The number of benzene rings is 1. The van der Waals surface area contributed by atoms with Crippen molar-refractivity contribution < 1.29 is 13.9 Å². The van der Waals surface area contributed by atoms with Crippen molar-refractivity contribution in [2.24, 2.45) is 5.84 Å². The van der Waals surface area contributed by atoms with E-state index < -0.39 is 5.82 Å². The van der Waals surface area contributed by atoms with Gasteiger partial charge in [0.05, 0.1) is 5.69 Å². The molecule has 1 heterocycles. The highest BCUT2D eigenvalue weighted by atomic mass is 32.1. The van der Waals surface area contributed by atoms with Gasteiger partial charge >= 0.3 is 0 Å². The quantitative estimate of drug-likeness (QED) is 0.502. The molecule has 20 heavy (non-hydrogen) atoms. The molecule has 1 amide bonds. The van der Waals surface area contributed by atoms with Crippen LogP contribution in [0.15, 0.2) is 24.3 Å². The summed E-state index contributed by atoms with van der Waals surface area (Å²) in [6, 6.07) is 6.13. The Morgan fingerprint density at radius 2 is 2.25 bits per heavy atom. The van der Waals surface area contributed by atoms with Gasteiger partial charge in [-0.1, -0.05) is 19.1 Å². The average Bonchev–Trinajstić information content (AvgIpc) is 2.89. The van der Waals surface area contributed by atoms with Crippen LogP contribution in [-0.2, 0) is 13.0 Å². The Hall–Kier alpha value is -1.99. The highest BCUT2D eigenvalue weighted by Gasteiger charge is 2.16. The average molecular weight is 295 g/mol. The van der Waals surface area contributed by atoms with Gasteiger partial charge in [-0.25, -0.2) is 15.2 Å². The first kappa shape index (κ1) is 14.4. The first-order valence-electron chi connectivity index (χ1n) is 6.02. The van der Waals surface area contributed by atoms with Crippen LogP contribution in [0.4, 0.5) is 4.39 Å². The number of rotatable bonds is 5. The number of nitrogens with one attached hydrogen (secondary N) is 1. The molecule has 1 aromatic carbocycles. The van der Waals surface area contributed by atoms with Gasteiger partial charge in [-0.05, 0) is 18.6 Å². The van der Waals surface area contributed by atoms with Crippen LogP contribution in [0.5, 0.6) is 5.75 Å². The number of amides is 1. The van der Waals surface area contributed by atoms with Crippen LogP contribution in [-0.4, -0.2) is 10.9 Å². The van der Waals surface area contributed by atoms with Gasteiger partial charge in [0.25, 0.3) is 5.91 Å². The van der Waals surface area contributed by atoms with Gasteiger partial charge in [0.1, 0.15) is 16.5 Å². The minimum atomic E-state index is -0.431. The van der Waals surface area contributed by atoms with Crippen molar-refractivity contribution in [1.82, 2.24) is 10.4 Å². The minimum Gasteiger partial charge on any atom is -0.483 e. The van der Waals surface area contributed by atoms with E-state index >= 15 is 0 Å². The number of hydrogen-bond acceptors (Lipinski definition) is 5. The van der Waals surface area contributed by atoms with Crippen LogP contribution >= 0.6 is 11.3 Å². The molecule has 106 valence electrons. The fourth-order valence-corrected chi connectivity index (χ4v) is 2.62. The van der Waals surface area contributed by atoms with Gasteiger partial charge < -0.3 is 4.74 Å². The summed E-state index contributed by atoms with van der Waals surface area (Å²) >= 11 is 1.19. The van der Waals surface area contributed by atoms with Crippen LogP contribution < -0.4 is 16.0 Å². The molecule has 0 unspecified atom stereocenters. The number of ether oxygens (including phenoxy) is 1. The minimum absolute atomic E-state index is 0.108. The summed E-state index contributed by atoms with van der Waals surface area (Å²) in [5.41, 5.74) is 2.74. The third-order valence-electron chi connectivity index (χ3n) is 2.60. The third-order valence-corrected chi connectivity index (χ3v) is 3.67. The van der Waals surface area contributed by atoms with Crippen LogP contribution in [0, 0.1) is 5.82 Å². The van der Waals surface area contributed by atoms with Gasteiger partial charge in [-0.3, -0.25) is 10.2 Å². The van der Waals surface area contributed by atoms with Crippen molar-refractivity contribution in [3.63, 3.8) is 0 Å². The van der Waals surface area contributed by atoms with Crippen molar-refractivity contribution in [1.29, 1.82) is 0 Å². The van der Waals surface area contributed by atoms with Crippen LogP contribution in [0.3, 0.4) is 0 Å². The van der Waals surface area contributed by atoms with E-state index in [9.17, 15) is 9.18 Å². The summed E-state index contributed by atoms with van der Waals surface area (Å²) in [5, 5.41) is 0.601. The van der Waals surface area contributed by atoms with Gasteiger partial charge in [0.15, 0.2) is 11.6 Å². The van der Waals surface area contributed by atoms with Crippen molar-refractivity contribution in [3.05, 3.63) is 45.7 Å². The number of nitrogen functional groups attached to an aromatic ring is 1. The third kappa shape index (κ3) is 3.12. The lowest BCUT2D eigenvalue weighted by atomic mass is 10.3. The zero-order valence-corrected chi connectivity index (χ0v) is 11.7. The highest BCUT2D eigenvalue weighted by molar-refractivity contribution is 7.13. The number of nitrogens with two attached hydrogens (primary N) is 1. The van der Waals surface area contributed by atoms with Crippen molar-refractivity contribution in [3.8, 4) is 5.75 Å². The number of halogens is 1. The number of carbonyl (C=O) groups is 1. The fraction of sp³-hybridized carbons (Fsp3) is 0.231. The summed E-state index contributed by atoms with van der Waals surface area (Å²) in [4.78, 5) is 16.3. The lowest BCUT2D eigenvalue weighted by Gasteiger charge is -2.04. The van der Waals surface area contributed by atoms with E-state index in [0.717, 1.165) is 0 Å². The molecular formula is C13H14FN3O2S. The van der Waals surface area contributed by atoms with E-state index in [0.29, 0.717) is 22.0 Å². The summed E-state index contributed by atoms with van der Waals surface area (Å²) in [6.07, 6.45) is 0.610. The Morgan fingerprint density at radius 3 is 2.90 bits per heavy atom. The lowest BCUT2D eigenvalue weighted by molar-refractivity contribution is 0.0956. The number of para-hydroxylation sites is 1. The number of aromatic nitrogens is 1. The molecule has 3 N–H and O–H groups in total. The van der Waals surface area contributed by atoms with Gasteiger partial charge in [0.2, 0.25) is 0 Å². The Labute approximate surface area is 119 Å². The van der Waals surface area contributed by atoms with Crippen LogP contribution in [0.25, 0.3) is 0 Å². The molecule has 7 heteroatoms. The molecule has 0 radical (unpaired) electrons. The Bertz CT molecular complexity index is 615. The number of aryl methyl sites for hydroxylation is 1. The summed E-state index contributed by atoms with van der Waals surface area (Å²) in [6.45, 7) is 2.00. The number of nitrogens with zero attached hydrogens (tertiary/aromatic N) is 1. The first-order valence-corrected chi connectivity index (χ1v) is 6.84. The number of carbonyl (C=O) groups excluding carboxylic acids is 1. The van der Waals surface area contributed by atoms with Gasteiger partial charge in [-0.15, -0.1) is 11.3 Å². The van der Waals surface area contributed by atoms with Crippen molar-refractivity contribution >= 4 is 17.2 Å². The highest BCUT2D eigenvalue weighted by Crippen LogP contribution is 2.22. The van der Waals surface area contributed by atoms with Gasteiger partial charge in [-0.2, -0.15) is 0 Å². The Morgan fingerprint density at radius 1 is 1.50 bits per heavy atom. The number of thiazole rings is 1. The van der Waals surface area contributed by atoms with Crippen molar-refractivity contribution in [2.75, 3.05) is 0 Å². The molecule has 0 bridgehead atoms. The standard InChI is InChI=1S/C13H14FN3O2S/c1-2-9-12(13(18)17-15)20-11(16-9)7-19-10-6-4-3-5-8(10)14/h3-6H,2,7,15H2,1H3,(H,17,18). The smallest absolute Gasteiger partial charge is 0.277 e. The van der Waals surface area contributed by atoms with Crippen LogP contribution in [0.1, 0.15) is 27.3 Å². The van der Waals surface area contributed by atoms with Crippen molar-refractivity contribution in [2.45, 2.75) is 20.0 Å². The van der Waals surface area contributed by atoms with E-state index in [4.69, 9.17) is 10.6 Å². The predicted octanol–water partition coefficient (Wildman–Crippen LogP) is 2.03. The molecule has 0 fully saturated rings. The van der Waals surface area contributed by atoms with E-state index in [1.165, 1.54) is 23.5 Å². The largest absolute Gasteiger partial charge is 0.483 e. The molecule has 0 aliphatic rings. The summed E-state index contributed by atoms with van der Waals surface area (Å²) < 4.78 is 18.8. The molecule has 0 aliphatic heterocycles. The summed E-state index contributed by atoms with van der Waals surface area (Å²) in [7, 11) is 0. The van der Waals surface area contributed by atoms with E-state index in [1.807, 2.05) is 6.92 Å². The number of hydrazine groups is 1. The van der Waals surface area contributed by atoms with Gasteiger partial charge in [0, 0.05) is 0 Å². The second kappa shape index (κ2) is 6.44. The molecule has 2 rings (SSSR count). The second-order valence-electron chi connectivity index (χ2n) is 3.93. The molecule has 2 aromatic rings. The molecule has 0 aliphatic carbocycles. The second-order valence-corrected chi connectivity index (χ2v) is 5.01. The molecule has 0 saturated carbocycles. The Balaban J connectivity index is 2.12. The first-order chi connectivity index (χ1) is 9.65. The molecule has 0 atom stereocenters. The van der Waals surface area contributed by atoms with E-state index in [2.05, 4.69) is 10.4 Å². The maximum absolute atomic E-state index is 13.4. The van der Waals surface area contributed by atoms with E-state index in [-0.39, 0.29) is 18.3 Å². The normalized spacial score (nSPS) is 10.3. The topological polar surface area (TPSA) is 77.2 Å². The van der Waals surface area contributed by atoms with E-state index in [1.54, 1.807) is 12.1 Å². The molecule has 0 spiro atoms. The lowest BCUT2D eigenvalue weighted by Crippen LogP contribution is -2.30. The molecule has 0 saturated heterocycles. The number of hydrogen-bond donors (Lipinski definition) is 2. The maximum atomic E-state index is 13.4. The summed E-state index contributed by atoms with van der Waals surface area (Å²) in [5.74, 6) is 4.47. The molecule has 5 nitrogen and oxygen atoms in total. The zero-order valence-electron chi connectivity index (χ0n) is 10.9.